The Hall–Kier alpha value is -1.20. The van der Waals surface area contributed by atoms with Gasteiger partial charge in [0.1, 0.15) is 5.54 Å². The molecule has 2 fully saturated rings. The molecule has 1 atom stereocenters. The van der Waals surface area contributed by atoms with Crippen molar-refractivity contribution in [1.82, 2.24) is 10.2 Å². The molecule has 2 rings (SSSR count). The normalized spacial score (nSPS) is 30.5. The van der Waals surface area contributed by atoms with Gasteiger partial charge in [-0.2, -0.15) is 0 Å². The maximum Gasteiger partial charge on any atom is 0.255 e. The Kier molecular flexibility index (Phi) is 3.05. The Bertz CT molecular complexity index is 344. The molecule has 1 N–H and O–H groups in total. The van der Waals surface area contributed by atoms with Crippen molar-refractivity contribution in [3.8, 4) is 0 Å². The van der Waals surface area contributed by atoms with Crippen LogP contribution in [0.25, 0.3) is 0 Å². The third-order valence-corrected chi connectivity index (χ3v) is 3.49. The predicted octanol–water partition coefficient (Wildman–Crippen LogP) is 0.769. The highest BCUT2D eigenvalue weighted by Gasteiger charge is 2.51. The molecule has 0 aromatic heterocycles. The molecule has 0 bridgehead atoms. The van der Waals surface area contributed by atoms with E-state index < -0.39 is 18.5 Å². The molecule has 0 radical (unpaired) electrons. The van der Waals surface area contributed by atoms with Crippen molar-refractivity contribution in [3.05, 3.63) is 0 Å². The number of hydrogen-bond donors (Lipinski definition) is 1. The summed E-state index contributed by atoms with van der Waals surface area (Å²) in [6, 6.07) is 0. The topological polar surface area (TPSA) is 49.4 Å². The molecule has 1 unspecified atom stereocenters. The van der Waals surface area contributed by atoms with Crippen molar-refractivity contribution in [1.29, 1.82) is 0 Å². The number of alkyl halides is 2. The van der Waals surface area contributed by atoms with Gasteiger partial charge < -0.3 is 10.2 Å². The lowest BCUT2D eigenvalue weighted by molar-refractivity contribution is -0.140. The molecule has 0 spiro atoms. The number of carbonyl (C=O) groups is 2. The van der Waals surface area contributed by atoms with Gasteiger partial charge >= 0.3 is 0 Å². The molecule has 96 valence electrons. The third-order valence-electron chi connectivity index (χ3n) is 3.49. The van der Waals surface area contributed by atoms with Crippen LogP contribution in [0.1, 0.15) is 26.2 Å². The number of halogens is 2. The summed E-state index contributed by atoms with van der Waals surface area (Å²) in [5, 5.41) is 2.70. The van der Waals surface area contributed by atoms with Gasteiger partial charge in [0.2, 0.25) is 11.8 Å². The number of rotatable bonds is 3. The highest BCUT2D eigenvalue weighted by Crippen LogP contribution is 2.41. The van der Waals surface area contributed by atoms with E-state index >= 15 is 0 Å². The van der Waals surface area contributed by atoms with Crippen molar-refractivity contribution in [2.45, 2.75) is 38.2 Å². The van der Waals surface area contributed by atoms with Gasteiger partial charge in [0.15, 0.2) is 0 Å². The maximum atomic E-state index is 12.4. The van der Waals surface area contributed by atoms with Gasteiger partial charge in [-0.15, -0.1) is 0 Å². The molecule has 0 aromatic rings. The highest BCUT2D eigenvalue weighted by molar-refractivity contribution is 5.93. The van der Waals surface area contributed by atoms with Crippen LogP contribution in [-0.4, -0.2) is 41.8 Å². The second-order valence-electron chi connectivity index (χ2n) is 4.92. The second-order valence-corrected chi connectivity index (χ2v) is 4.92. The first-order chi connectivity index (χ1) is 7.93. The van der Waals surface area contributed by atoms with E-state index in [2.05, 4.69) is 5.32 Å². The van der Waals surface area contributed by atoms with Crippen LogP contribution in [0, 0.1) is 5.92 Å². The molecule has 1 saturated heterocycles. The minimum absolute atomic E-state index is 0.0807. The zero-order valence-corrected chi connectivity index (χ0v) is 9.71. The van der Waals surface area contributed by atoms with E-state index in [4.69, 9.17) is 0 Å². The largest absolute Gasteiger partial charge is 0.342 e. The van der Waals surface area contributed by atoms with Crippen molar-refractivity contribution in [2.24, 2.45) is 5.92 Å². The van der Waals surface area contributed by atoms with E-state index in [1.54, 1.807) is 6.92 Å². The molecule has 1 heterocycles. The van der Waals surface area contributed by atoms with Gasteiger partial charge in [-0.3, -0.25) is 9.59 Å². The average molecular weight is 246 g/mol. The Balaban J connectivity index is 2.19. The van der Waals surface area contributed by atoms with Gasteiger partial charge in [0, 0.05) is 13.0 Å². The summed E-state index contributed by atoms with van der Waals surface area (Å²) in [4.78, 5) is 24.8. The minimum Gasteiger partial charge on any atom is -0.342 e. The zero-order chi connectivity index (χ0) is 12.6. The number of nitrogens with zero attached hydrogens (tertiary/aromatic N) is 1. The molecular formula is C11H16F2N2O2. The molecule has 4 nitrogen and oxygen atoms in total. The number of hydrogen-bond acceptors (Lipinski definition) is 2. The molecule has 2 aliphatic rings. The summed E-state index contributed by atoms with van der Waals surface area (Å²) in [5.74, 6) is -0.507. The maximum absolute atomic E-state index is 12.4. The van der Waals surface area contributed by atoms with Crippen LogP contribution in [0.2, 0.25) is 0 Å². The second kappa shape index (κ2) is 4.23. The quantitative estimate of drug-likeness (QED) is 0.799. The Labute approximate surface area is 98.3 Å². The van der Waals surface area contributed by atoms with Gasteiger partial charge in [0.25, 0.3) is 6.43 Å². The molecule has 1 aliphatic heterocycles. The summed E-state index contributed by atoms with van der Waals surface area (Å²) in [6.07, 6.45) is -0.729. The van der Waals surface area contributed by atoms with Crippen molar-refractivity contribution in [3.63, 3.8) is 0 Å². The third kappa shape index (κ3) is 2.40. The highest BCUT2D eigenvalue weighted by atomic mass is 19.3. The number of carbonyl (C=O) groups excluding carboxylic acids is 2. The van der Waals surface area contributed by atoms with Gasteiger partial charge in [-0.05, 0) is 25.7 Å². The Morgan fingerprint density at radius 3 is 2.65 bits per heavy atom. The summed E-state index contributed by atoms with van der Waals surface area (Å²) in [6.45, 7) is 1.14. The van der Waals surface area contributed by atoms with Crippen LogP contribution in [0.15, 0.2) is 0 Å². The molecule has 2 amide bonds. The standard InChI is InChI=1S/C11H16F2N2O2/c1-11(7-2-3-7)10(17)15(6-8(12)13)5-4-9(16)14-11/h7-8H,2-6H2,1H3,(H,14,16). The van der Waals surface area contributed by atoms with E-state index in [0.29, 0.717) is 0 Å². The predicted molar refractivity (Wildman–Crippen MR) is 56.5 cm³/mol. The van der Waals surface area contributed by atoms with E-state index in [0.717, 1.165) is 17.7 Å². The van der Waals surface area contributed by atoms with Gasteiger partial charge in [0.05, 0.1) is 6.54 Å². The molecule has 1 aliphatic carbocycles. The average Bonchev–Trinajstić information content (AvgIpc) is 3.05. The van der Waals surface area contributed by atoms with E-state index in [-0.39, 0.29) is 30.7 Å². The zero-order valence-electron chi connectivity index (χ0n) is 9.71. The SMILES string of the molecule is CC1(C2CC2)NC(=O)CCN(CC(F)F)C1=O. The monoisotopic (exact) mass is 246 g/mol. The van der Waals surface area contributed by atoms with E-state index in [9.17, 15) is 18.4 Å². The molecule has 17 heavy (non-hydrogen) atoms. The lowest BCUT2D eigenvalue weighted by Crippen LogP contribution is -2.57. The first kappa shape index (κ1) is 12.3. The lowest BCUT2D eigenvalue weighted by atomic mass is 9.94. The van der Waals surface area contributed by atoms with Crippen LogP contribution in [0.3, 0.4) is 0 Å². The molecule has 0 aromatic carbocycles. The van der Waals surface area contributed by atoms with Crippen LogP contribution in [0.5, 0.6) is 0 Å². The van der Waals surface area contributed by atoms with Gasteiger partial charge in [-0.25, -0.2) is 8.78 Å². The van der Waals surface area contributed by atoms with E-state index in [1.165, 1.54) is 0 Å². The molecule has 6 heteroatoms. The Morgan fingerprint density at radius 1 is 1.47 bits per heavy atom. The smallest absolute Gasteiger partial charge is 0.255 e. The first-order valence-corrected chi connectivity index (χ1v) is 5.82. The molecular weight excluding hydrogens is 230 g/mol. The van der Waals surface area contributed by atoms with Crippen molar-refractivity contribution in [2.75, 3.05) is 13.1 Å². The fourth-order valence-electron chi connectivity index (χ4n) is 2.35. The van der Waals surface area contributed by atoms with Crippen molar-refractivity contribution < 1.29 is 18.4 Å². The first-order valence-electron chi connectivity index (χ1n) is 5.82. The van der Waals surface area contributed by atoms with Crippen molar-refractivity contribution >= 4 is 11.8 Å². The van der Waals surface area contributed by atoms with Crippen LogP contribution in [0.4, 0.5) is 8.78 Å². The fourth-order valence-corrected chi connectivity index (χ4v) is 2.35. The summed E-state index contributed by atoms with van der Waals surface area (Å²) in [7, 11) is 0. The van der Waals surface area contributed by atoms with Crippen LogP contribution in [-0.2, 0) is 9.59 Å². The summed E-state index contributed by atoms with van der Waals surface area (Å²) < 4.78 is 24.8. The van der Waals surface area contributed by atoms with Gasteiger partial charge in [-0.1, -0.05) is 0 Å². The summed E-state index contributed by atoms with van der Waals surface area (Å²) in [5.41, 5.74) is -0.984. The number of amides is 2. The lowest BCUT2D eigenvalue weighted by Gasteiger charge is -2.32. The Morgan fingerprint density at radius 2 is 2.12 bits per heavy atom. The van der Waals surface area contributed by atoms with Crippen LogP contribution >= 0.6 is 0 Å². The van der Waals surface area contributed by atoms with Crippen LogP contribution < -0.4 is 5.32 Å². The van der Waals surface area contributed by atoms with E-state index in [1.807, 2.05) is 0 Å². The fraction of sp³-hybridized carbons (Fsp3) is 0.818. The number of nitrogens with one attached hydrogen (secondary N) is 1. The minimum atomic E-state index is -2.56. The molecule has 1 saturated carbocycles. The summed E-state index contributed by atoms with van der Waals surface area (Å²) >= 11 is 0.